The second kappa shape index (κ2) is 8.10. The fourth-order valence-electron chi connectivity index (χ4n) is 3.55. The lowest BCUT2D eigenvalue weighted by Gasteiger charge is -2.28. The molecule has 1 atom stereocenters. The fourth-order valence-corrected chi connectivity index (χ4v) is 4.01. The van der Waals surface area contributed by atoms with Crippen LogP contribution in [0.4, 0.5) is 5.82 Å². The van der Waals surface area contributed by atoms with E-state index in [2.05, 4.69) is 58.5 Å². The maximum absolute atomic E-state index is 4.27. The molecule has 0 saturated carbocycles. The van der Waals surface area contributed by atoms with Crippen LogP contribution in [0.1, 0.15) is 18.7 Å². The lowest BCUT2D eigenvalue weighted by atomic mass is 10.2. The minimum Gasteiger partial charge on any atom is -0.351 e. The average Bonchev–Trinajstić information content (AvgIpc) is 3.32. The first-order valence-electron chi connectivity index (χ1n) is 8.97. The van der Waals surface area contributed by atoms with Crippen molar-refractivity contribution in [3.8, 4) is 5.69 Å². The van der Waals surface area contributed by atoms with Gasteiger partial charge in [0.25, 0.3) is 0 Å². The highest BCUT2D eigenvalue weighted by Gasteiger charge is 2.27. The number of anilines is 1. The summed E-state index contributed by atoms with van der Waals surface area (Å²) in [5.41, 5.74) is 0.938. The SMILES string of the molecule is CN(Cc1nnnn1-c1ccccc1Br)CC1CCCN1c1cccnn1. The minimum absolute atomic E-state index is 0.416. The van der Waals surface area contributed by atoms with Gasteiger partial charge in [0.15, 0.2) is 11.6 Å². The van der Waals surface area contributed by atoms with E-state index in [4.69, 9.17) is 0 Å². The predicted molar refractivity (Wildman–Crippen MR) is 106 cm³/mol. The number of tetrazole rings is 1. The van der Waals surface area contributed by atoms with Crippen molar-refractivity contribution >= 4 is 21.7 Å². The lowest BCUT2D eigenvalue weighted by Crippen LogP contribution is -2.39. The van der Waals surface area contributed by atoms with Crippen LogP contribution in [0.15, 0.2) is 47.1 Å². The molecule has 0 bridgehead atoms. The number of para-hydroxylation sites is 1. The number of hydrogen-bond donors (Lipinski definition) is 0. The molecule has 4 rings (SSSR count). The van der Waals surface area contributed by atoms with Gasteiger partial charge >= 0.3 is 0 Å². The van der Waals surface area contributed by atoms with Gasteiger partial charge in [-0.25, -0.2) is 0 Å². The third-order valence-electron chi connectivity index (χ3n) is 4.78. The van der Waals surface area contributed by atoms with Crippen LogP contribution in [-0.4, -0.2) is 61.5 Å². The van der Waals surface area contributed by atoms with E-state index in [-0.39, 0.29) is 0 Å². The van der Waals surface area contributed by atoms with E-state index < -0.39 is 0 Å². The van der Waals surface area contributed by atoms with Crippen LogP contribution in [0, 0.1) is 0 Å². The van der Waals surface area contributed by atoms with Gasteiger partial charge in [0.05, 0.1) is 12.2 Å². The molecular formula is C18H21BrN8. The van der Waals surface area contributed by atoms with E-state index in [9.17, 15) is 0 Å². The van der Waals surface area contributed by atoms with Gasteiger partial charge < -0.3 is 4.90 Å². The maximum atomic E-state index is 4.27. The number of rotatable bonds is 6. The van der Waals surface area contributed by atoms with E-state index in [0.717, 1.165) is 41.3 Å². The summed E-state index contributed by atoms with van der Waals surface area (Å²) in [7, 11) is 2.10. The molecule has 0 radical (unpaired) electrons. The zero-order valence-corrected chi connectivity index (χ0v) is 16.7. The van der Waals surface area contributed by atoms with E-state index >= 15 is 0 Å². The molecule has 8 nitrogen and oxygen atoms in total. The summed E-state index contributed by atoms with van der Waals surface area (Å²) >= 11 is 3.57. The van der Waals surface area contributed by atoms with Gasteiger partial charge in [-0.05, 0) is 70.5 Å². The first-order valence-corrected chi connectivity index (χ1v) is 9.77. The minimum atomic E-state index is 0.416. The van der Waals surface area contributed by atoms with Crippen LogP contribution in [0.2, 0.25) is 0 Å². The lowest BCUT2D eigenvalue weighted by molar-refractivity contribution is 0.293. The Balaban J connectivity index is 1.45. The number of likely N-dealkylation sites (N-methyl/N-ethyl adjacent to an activating group) is 1. The number of benzene rings is 1. The highest BCUT2D eigenvalue weighted by molar-refractivity contribution is 9.10. The molecule has 3 heterocycles. The van der Waals surface area contributed by atoms with Crippen LogP contribution in [0.25, 0.3) is 5.69 Å². The quantitative estimate of drug-likeness (QED) is 0.595. The highest BCUT2D eigenvalue weighted by Crippen LogP contribution is 2.24. The molecule has 1 aliphatic rings. The van der Waals surface area contributed by atoms with Crippen molar-refractivity contribution in [1.82, 2.24) is 35.3 Å². The third-order valence-corrected chi connectivity index (χ3v) is 5.45. The van der Waals surface area contributed by atoms with Gasteiger partial charge in [0, 0.05) is 29.8 Å². The summed E-state index contributed by atoms with van der Waals surface area (Å²) in [6, 6.07) is 12.3. The number of nitrogens with zero attached hydrogens (tertiary/aromatic N) is 8. The molecule has 9 heteroatoms. The average molecular weight is 429 g/mol. The molecule has 0 amide bonds. The molecule has 27 heavy (non-hydrogen) atoms. The zero-order chi connectivity index (χ0) is 18.6. The van der Waals surface area contributed by atoms with Gasteiger partial charge in [0.2, 0.25) is 0 Å². The largest absolute Gasteiger partial charge is 0.351 e. The summed E-state index contributed by atoms with van der Waals surface area (Å²) < 4.78 is 2.75. The van der Waals surface area contributed by atoms with Gasteiger partial charge in [-0.3, -0.25) is 4.90 Å². The Morgan fingerprint density at radius 3 is 2.89 bits per heavy atom. The van der Waals surface area contributed by atoms with Crippen molar-refractivity contribution in [3.63, 3.8) is 0 Å². The standard InChI is InChI=1S/C18H21BrN8/c1-25(12-14-6-5-11-26(14)17-9-4-10-20-21-17)13-18-22-23-24-27(18)16-8-3-2-7-15(16)19/h2-4,7-10,14H,5-6,11-13H2,1H3. The van der Waals surface area contributed by atoms with Crippen molar-refractivity contribution in [2.45, 2.75) is 25.4 Å². The van der Waals surface area contributed by atoms with E-state index in [0.29, 0.717) is 12.6 Å². The van der Waals surface area contributed by atoms with Gasteiger partial charge in [-0.1, -0.05) is 12.1 Å². The number of halogens is 1. The molecule has 1 unspecified atom stereocenters. The number of aromatic nitrogens is 6. The van der Waals surface area contributed by atoms with E-state index in [1.807, 2.05) is 36.4 Å². The summed E-state index contributed by atoms with van der Waals surface area (Å²) in [5.74, 6) is 1.76. The zero-order valence-electron chi connectivity index (χ0n) is 15.1. The van der Waals surface area contributed by atoms with Crippen molar-refractivity contribution in [3.05, 3.63) is 52.9 Å². The van der Waals surface area contributed by atoms with Gasteiger partial charge in [-0.2, -0.15) is 9.78 Å². The number of hydrogen-bond acceptors (Lipinski definition) is 7. The molecule has 140 valence electrons. The Kier molecular flexibility index (Phi) is 5.40. The summed E-state index contributed by atoms with van der Waals surface area (Å²) in [5, 5.41) is 20.6. The summed E-state index contributed by atoms with van der Waals surface area (Å²) in [4.78, 5) is 4.61. The topological polar surface area (TPSA) is 75.9 Å². The van der Waals surface area contributed by atoms with Crippen molar-refractivity contribution in [2.75, 3.05) is 25.0 Å². The summed E-state index contributed by atoms with van der Waals surface area (Å²) in [6.07, 6.45) is 4.03. The Hall–Kier alpha value is -2.39. The Morgan fingerprint density at radius 2 is 2.07 bits per heavy atom. The second-order valence-corrected chi connectivity index (χ2v) is 7.58. The maximum Gasteiger partial charge on any atom is 0.170 e. The first-order chi connectivity index (χ1) is 13.2. The Bertz CT molecular complexity index is 884. The molecule has 0 spiro atoms. The third kappa shape index (κ3) is 3.98. The highest BCUT2D eigenvalue weighted by atomic mass is 79.9. The molecular weight excluding hydrogens is 408 g/mol. The summed E-state index contributed by atoms with van der Waals surface area (Å²) in [6.45, 7) is 2.60. The first kappa shape index (κ1) is 18.0. The van der Waals surface area contributed by atoms with Gasteiger partial charge in [-0.15, -0.1) is 10.2 Å². The van der Waals surface area contributed by atoms with Crippen molar-refractivity contribution in [1.29, 1.82) is 0 Å². The predicted octanol–water partition coefficient (Wildman–Crippen LogP) is 2.32. The second-order valence-electron chi connectivity index (χ2n) is 6.73. The smallest absolute Gasteiger partial charge is 0.170 e. The molecule has 2 aromatic heterocycles. The molecule has 1 aliphatic heterocycles. The molecule has 1 aromatic carbocycles. The van der Waals surface area contributed by atoms with Crippen molar-refractivity contribution in [2.24, 2.45) is 0 Å². The molecule has 0 aliphatic carbocycles. The molecule has 0 N–H and O–H groups in total. The molecule has 1 saturated heterocycles. The molecule has 1 fully saturated rings. The Morgan fingerprint density at radius 1 is 1.19 bits per heavy atom. The normalized spacial score (nSPS) is 17.0. The molecule has 3 aromatic rings. The van der Waals surface area contributed by atoms with Gasteiger partial charge in [0.1, 0.15) is 0 Å². The van der Waals surface area contributed by atoms with Crippen LogP contribution in [0.3, 0.4) is 0 Å². The monoisotopic (exact) mass is 428 g/mol. The Labute approximate surface area is 166 Å². The van der Waals surface area contributed by atoms with Crippen LogP contribution >= 0.6 is 15.9 Å². The van der Waals surface area contributed by atoms with Crippen LogP contribution in [-0.2, 0) is 6.54 Å². The van der Waals surface area contributed by atoms with Crippen LogP contribution < -0.4 is 4.90 Å². The van der Waals surface area contributed by atoms with Crippen molar-refractivity contribution < 1.29 is 0 Å². The fraction of sp³-hybridized carbons (Fsp3) is 0.389. The van der Waals surface area contributed by atoms with E-state index in [1.165, 1.54) is 6.42 Å². The van der Waals surface area contributed by atoms with Crippen LogP contribution in [0.5, 0.6) is 0 Å². The van der Waals surface area contributed by atoms with E-state index in [1.54, 1.807) is 10.9 Å².